The quantitative estimate of drug-likeness (QED) is 0.549. The van der Waals surface area contributed by atoms with E-state index in [1.54, 1.807) is 24.3 Å². The lowest BCUT2D eigenvalue weighted by Crippen LogP contribution is -2.05. The summed E-state index contributed by atoms with van der Waals surface area (Å²) in [4.78, 5) is 11.6. The van der Waals surface area contributed by atoms with E-state index < -0.39 is 0 Å². The highest BCUT2D eigenvalue weighted by molar-refractivity contribution is 6.30. The highest BCUT2D eigenvalue weighted by Gasteiger charge is 2.04. The Morgan fingerprint density at radius 2 is 1.93 bits per heavy atom. The summed E-state index contributed by atoms with van der Waals surface area (Å²) in [5.74, 6) is 0.0998. The first-order valence-electron chi connectivity index (χ1n) is 5.10. The Morgan fingerprint density at radius 1 is 1.27 bits per heavy atom. The molecule has 0 aromatic heterocycles. The molecular weight excluding hydrogens is 212 g/mol. The van der Waals surface area contributed by atoms with Crippen molar-refractivity contribution < 1.29 is 9.53 Å². The van der Waals surface area contributed by atoms with Crippen molar-refractivity contribution in [2.24, 2.45) is 0 Å². The van der Waals surface area contributed by atoms with Gasteiger partial charge in [-0.1, -0.05) is 18.5 Å². The van der Waals surface area contributed by atoms with Gasteiger partial charge < -0.3 is 4.74 Å². The summed E-state index contributed by atoms with van der Waals surface area (Å²) in [6.07, 6.45) is 1.41. The van der Waals surface area contributed by atoms with E-state index in [4.69, 9.17) is 16.3 Å². The Labute approximate surface area is 95.2 Å². The lowest BCUT2D eigenvalue weighted by molar-refractivity contribution is 0.0879. The van der Waals surface area contributed by atoms with Gasteiger partial charge in [0.2, 0.25) is 0 Å². The van der Waals surface area contributed by atoms with Crippen LogP contribution in [0.25, 0.3) is 0 Å². The third-order valence-electron chi connectivity index (χ3n) is 1.99. The molecule has 0 saturated carbocycles. The number of benzene rings is 1. The Morgan fingerprint density at radius 3 is 2.53 bits per heavy atom. The van der Waals surface area contributed by atoms with Crippen LogP contribution in [0.4, 0.5) is 0 Å². The van der Waals surface area contributed by atoms with E-state index in [0.29, 0.717) is 30.2 Å². The molecule has 1 rings (SSSR count). The fourth-order valence-corrected chi connectivity index (χ4v) is 1.32. The molecule has 15 heavy (non-hydrogen) atoms. The second kappa shape index (κ2) is 6.59. The van der Waals surface area contributed by atoms with Gasteiger partial charge in [0.25, 0.3) is 0 Å². The molecule has 0 unspecified atom stereocenters. The number of ether oxygens (including phenoxy) is 1. The normalized spacial score (nSPS) is 10.3. The number of ketones is 1. The maximum absolute atomic E-state index is 11.6. The molecule has 1 aromatic carbocycles. The van der Waals surface area contributed by atoms with E-state index in [-0.39, 0.29) is 5.78 Å². The van der Waals surface area contributed by atoms with Crippen molar-refractivity contribution in [3.63, 3.8) is 0 Å². The van der Waals surface area contributed by atoms with E-state index in [0.717, 1.165) is 6.42 Å². The van der Waals surface area contributed by atoms with Crippen LogP contribution in [0.2, 0.25) is 5.02 Å². The van der Waals surface area contributed by atoms with Gasteiger partial charge >= 0.3 is 0 Å². The minimum atomic E-state index is 0.0998. The Bertz CT molecular complexity index is 306. The average molecular weight is 227 g/mol. The van der Waals surface area contributed by atoms with Crippen molar-refractivity contribution in [3.05, 3.63) is 34.9 Å². The number of Topliss-reactive ketones (excluding diaryl/α,β-unsaturated/α-hetero) is 1. The highest BCUT2D eigenvalue weighted by atomic mass is 35.5. The molecule has 0 spiro atoms. The second-order valence-electron chi connectivity index (χ2n) is 3.29. The summed E-state index contributed by atoms with van der Waals surface area (Å²) >= 11 is 5.73. The van der Waals surface area contributed by atoms with Crippen LogP contribution in [0.15, 0.2) is 24.3 Å². The van der Waals surface area contributed by atoms with Crippen LogP contribution in [-0.2, 0) is 4.74 Å². The molecule has 0 amide bonds. The first-order chi connectivity index (χ1) is 7.24. The van der Waals surface area contributed by atoms with Crippen LogP contribution in [0.3, 0.4) is 0 Å². The number of hydrogen-bond acceptors (Lipinski definition) is 2. The summed E-state index contributed by atoms with van der Waals surface area (Å²) in [7, 11) is 0. The lowest BCUT2D eigenvalue weighted by atomic mass is 10.1. The minimum absolute atomic E-state index is 0.0998. The molecule has 3 heteroatoms. The summed E-state index contributed by atoms with van der Waals surface area (Å²) in [6.45, 7) is 3.25. The van der Waals surface area contributed by atoms with Crippen LogP contribution >= 0.6 is 11.6 Å². The van der Waals surface area contributed by atoms with Gasteiger partial charge in [-0.25, -0.2) is 0 Å². The molecule has 0 bridgehead atoms. The monoisotopic (exact) mass is 226 g/mol. The van der Waals surface area contributed by atoms with Gasteiger partial charge in [-0.3, -0.25) is 4.79 Å². The molecule has 0 atom stereocenters. The molecule has 82 valence electrons. The van der Waals surface area contributed by atoms with E-state index >= 15 is 0 Å². The molecule has 0 fully saturated rings. The fraction of sp³-hybridized carbons (Fsp3) is 0.417. The van der Waals surface area contributed by atoms with Crippen LogP contribution in [0.1, 0.15) is 30.1 Å². The molecule has 2 nitrogen and oxygen atoms in total. The first kappa shape index (κ1) is 12.2. The molecule has 0 aliphatic heterocycles. The predicted octanol–water partition coefficient (Wildman–Crippen LogP) is 3.34. The standard InChI is InChI=1S/C12H15ClO2/c1-2-8-15-9-7-12(14)10-3-5-11(13)6-4-10/h3-6H,2,7-9H2,1H3. The maximum atomic E-state index is 11.6. The van der Waals surface area contributed by atoms with E-state index in [2.05, 4.69) is 0 Å². The van der Waals surface area contributed by atoms with Crippen molar-refractivity contribution >= 4 is 17.4 Å². The zero-order chi connectivity index (χ0) is 11.1. The minimum Gasteiger partial charge on any atom is -0.381 e. The number of hydrogen-bond donors (Lipinski definition) is 0. The van der Waals surface area contributed by atoms with Gasteiger partial charge in [-0.15, -0.1) is 0 Å². The summed E-state index contributed by atoms with van der Waals surface area (Å²) in [5.41, 5.74) is 0.694. The molecule has 0 radical (unpaired) electrons. The van der Waals surface area contributed by atoms with E-state index in [9.17, 15) is 4.79 Å². The van der Waals surface area contributed by atoms with Crippen molar-refractivity contribution in [3.8, 4) is 0 Å². The largest absolute Gasteiger partial charge is 0.381 e. The van der Waals surface area contributed by atoms with Gasteiger partial charge in [0.1, 0.15) is 0 Å². The van der Waals surface area contributed by atoms with Crippen LogP contribution < -0.4 is 0 Å². The molecular formula is C12H15ClO2. The van der Waals surface area contributed by atoms with Gasteiger partial charge in [0, 0.05) is 23.6 Å². The second-order valence-corrected chi connectivity index (χ2v) is 3.73. The number of carbonyl (C=O) groups excluding carboxylic acids is 1. The maximum Gasteiger partial charge on any atom is 0.165 e. The fourth-order valence-electron chi connectivity index (χ4n) is 1.19. The predicted molar refractivity (Wildman–Crippen MR) is 61.5 cm³/mol. The summed E-state index contributed by atoms with van der Waals surface area (Å²) in [5, 5.41) is 0.647. The van der Waals surface area contributed by atoms with Crippen molar-refractivity contribution in [1.29, 1.82) is 0 Å². The van der Waals surface area contributed by atoms with Gasteiger partial charge in [-0.05, 0) is 30.7 Å². The highest BCUT2D eigenvalue weighted by Crippen LogP contribution is 2.11. The lowest BCUT2D eigenvalue weighted by Gasteiger charge is -2.02. The third kappa shape index (κ3) is 4.45. The average Bonchev–Trinajstić information content (AvgIpc) is 2.25. The first-order valence-corrected chi connectivity index (χ1v) is 5.48. The van der Waals surface area contributed by atoms with E-state index in [1.807, 2.05) is 6.92 Å². The van der Waals surface area contributed by atoms with Crippen molar-refractivity contribution in [2.75, 3.05) is 13.2 Å². The molecule has 0 N–H and O–H groups in total. The zero-order valence-electron chi connectivity index (χ0n) is 8.83. The Kier molecular flexibility index (Phi) is 5.37. The number of carbonyl (C=O) groups is 1. The van der Waals surface area contributed by atoms with Gasteiger partial charge in [0.05, 0.1) is 6.61 Å². The molecule has 0 aliphatic carbocycles. The van der Waals surface area contributed by atoms with Gasteiger partial charge in [0.15, 0.2) is 5.78 Å². The van der Waals surface area contributed by atoms with Crippen LogP contribution in [-0.4, -0.2) is 19.0 Å². The van der Waals surface area contributed by atoms with E-state index in [1.165, 1.54) is 0 Å². The van der Waals surface area contributed by atoms with Crippen LogP contribution in [0.5, 0.6) is 0 Å². The summed E-state index contributed by atoms with van der Waals surface area (Å²) < 4.78 is 5.25. The van der Waals surface area contributed by atoms with Crippen molar-refractivity contribution in [2.45, 2.75) is 19.8 Å². The Balaban J connectivity index is 2.37. The number of rotatable bonds is 6. The van der Waals surface area contributed by atoms with Gasteiger partial charge in [-0.2, -0.15) is 0 Å². The molecule has 0 aliphatic rings. The Hall–Kier alpha value is -0.860. The smallest absolute Gasteiger partial charge is 0.165 e. The topological polar surface area (TPSA) is 26.3 Å². The molecule has 0 heterocycles. The zero-order valence-corrected chi connectivity index (χ0v) is 9.59. The third-order valence-corrected chi connectivity index (χ3v) is 2.24. The van der Waals surface area contributed by atoms with Crippen molar-refractivity contribution in [1.82, 2.24) is 0 Å². The van der Waals surface area contributed by atoms with Crippen LogP contribution in [0, 0.1) is 0 Å². The summed E-state index contributed by atoms with van der Waals surface area (Å²) in [6, 6.07) is 6.93. The number of halogens is 1. The SMILES string of the molecule is CCCOCCC(=O)c1ccc(Cl)cc1. The molecule has 1 aromatic rings. The molecule has 0 saturated heterocycles.